The third-order valence-corrected chi connectivity index (χ3v) is 5.05. The molecule has 0 atom stereocenters. The molecule has 0 spiro atoms. The number of ether oxygens (including phenoxy) is 1. The van der Waals surface area contributed by atoms with Gasteiger partial charge < -0.3 is 4.74 Å². The van der Waals surface area contributed by atoms with E-state index in [0.29, 0.717) is 0 Å². The average Bonchev–Trinajstić information content (AvgIpc) is 2.77. The van der Waals surface area contributed by atoms with Crippen LogP contribution in [0.25, 0.3) is 0 Å². The molecule has 0 aliphatic rings. The molecule has 0 bridgehead atoms. The first-order valence-electron chi connectivity index (χ1n) is 11.4. The second kappa shape index (κ2) is 15.7. The van der Waals surface area contributed by atoms with Crippen LogP contribution in [0.4, 0.5) is 11.4 Å². The summed E-state index contributed by atoms with van der Waals surface area (Å²) in [5.41, 5.74) is 1.62. The van der Waals surface area contributed by atoms with Gasteiger partial charge in [-0.15, -0.1) is 0 Å². The van der Waals surface area contributed by atoms with Crippen molar-refractivity contribution in [1.29, 1.82) is 0 Å². The van der Waals surface area contributed by atoms with Crippen LogP contribution in [0, 0.1) is 0 Å². The number of aromatic nitrogens is 1. The number of pyridine rings is 1. The van der Waals surface area contributed by atoms with Crippen LogP contribution in [0.15, 0.2) is 59.0 Å². The van der Waals surface area contributed by atoms with Crippen LogP contribution in [0.3, 0.4) is 0 Å². The smallest absolute Gasteiger partial charge is 0.119 e. The van der Waals surface area contributed by atoms with Crippen molar-refractivity contribution in [1.82, 2.24) is 4.98 Å². The largest absolute Gasteiger partial charge is 0.494 e. The third-order valence-electron chi connectivity index (χ3n) is 5.05. The first kappa shape index (κ1) is 23.1. The Morgan fingerprint density at radius 2 is 1.10 bits per heavy atom. The van der Waals surface area contributed by atoms with E-state index in [0.717, 1.165) is 30.2 Å². The summed E-state index contributed by atoms with van der Waals surface area (Å²) in [6, 6.07) is 11.4. The fourth-order valence-corrected chi connectivity index (χ4v) is 3.27. The monoisotopic (exact) mass is 395 g/mol. The molecule has 2 rings (SSSR count). The van der Waals surface area contributed by atoms with E-state index in [9.17, 15) is 0 Å². The lowest BCUT2D eigenvalue weighted by molar-refractivity contribution is 0.304. The molecule has 0 aliphatic carbocycles. The number of azo groups is 1. The standard InChI is InChI=1S/C25H37N3O/c1-2-3-4-5-6-7-8-9-10-11-12-13-22-29-25-16-14-23(15-17-25)27-28-24-18-20-26-21-19-24/h14-21H,2-13,22H2,1H3. The van der Waals surface area contributed by atoms with Crippen LogP contribution in [-0.2, 0) is 0 Å². The van der Waals surface area contributed by atoms with E-state index < -0.39 is 0 Å². The van der Waals surface area contributed by atoms with E-state index in [4.69, 9.17) is 4.74 Å². The maximum atomic E-state index is 5.84. The summed E-state index contributed by atoms with van der Waals surface area (Å²) >= 11 is 0. The quantitative estimate of drug-likeness (QED) is 0.211. The van der Waals surface area contributed by atoms with Crippen LogP contribution < -0.4 is 4.74 Å². The van der Waals surface area contributed by atoms with E-state index >= 15 is 0 Å². The zero-order valence-electron chi connectivity index (χ0n) is 18.1. The second-order valence-corrected chi connectivity index (χ2v) is 7.64. The molecule has 1 heterocycles. The van der Waals surface area contributed by atoms with E-state index in [1.54, 1.807) is 12.4 Å². The molecule has 0 N–H and O–H groups in total. The summed E-state index contributed by atoms with van der Waals surface area (Å²) in [4.78, 5) is 3.97. The zero-order chi connectivity index (χ0) is 20.4. The molecule has 4 heteroatoms. The van der Waals surface area contributed by atoms with Crippen LogP contribution in [0.1, 0.15) is 84.0 Å². The molecule has 29 heavy (non-hydrogen) atoms. The van der Waals surface area contributed by atoms with Gasteiger partial charge in [0.2, 0.25) is 0 Å². The Morgan fingerprint density at radius 3 is 1.66 bits per heavy atom. The molecule has 0 unspecified atom stereocenters. The molecule has 1 aromatic heterocycles. The Morgan fingerprint density at radius 1 is 0.621 bits per heavy atom. The van der Waals surface area contributed by atoms with Crippen molar-refractivity contribution in [2.24, 2.45) is 10.2 Å². The van der Waals surface area contributed by atoms with Gasteiger partial charge in [0.15, 0.2) is 0 Å². The van der Waals surface area contributed by atoms with E-state index in [1.807, 2.05) is 36.4 Å². The molecular formula is C25H37N3O. The molecule has 2 aromatic rings. The maximum Gasteiger partial charge on any atom is 0.119 e. The lowest BCUT2D eigenvalue weighted by atomic mass is 10.1. The first-order chi connectivity index (χ1) is 14.4. The van der Waals surface area contributed by atoms with Gasteiger partial charge in [-0.3, -0.25) is 4.98 Å². The first-order valence-corrected chi connectivity index (χ1v) is 11.4. The van der Waals surface area contributed by atoms with Gasteiger partial charge in [-0.2, -0.15) is 10.2 Å². The van der Waals surface area contributed by atoms with Crippen LogP contribution in [0.2, 0.25) is 0 Å². The predicted octanol–water partition coefficient (Wildman–Crippen LogP) is 8.58. The summed E-state index contributed by atoms with van der Waals surface area (Å²) in [5.74, 6) is 0.899. The summed E-state index contributed by atoms with van der Waals surface area (Å²) in [5, 5.41) is 8.42. The molecule has 4 nitrogen and oxygen atoms in total. The Balaban J connectivity index is 1.46. The molecule has 0 saturated carbocycles. The van der Waals surface area contributed by atoms with Gasteiger partial charge in [-0.1, -0.05) is 77.6 Å². The van der Waals surface area contributed by atoms with Crippen LogP contribution in [-0.4, -0.2) is 11.6 Å². The normalized spacial score (nSPS) is 11.2. The van der Waals surface area contributed by atoms with Crippen molar-refractivity contribution < 1.29 is 4.74 Å². The van der Waals surface area contributed by atoms with E-state index in [2.05, 4.69) is 22.1 Å². The summed E-state index contributed by atoms with van der Waals surface area (Å²) < 4.78 is 5.84. The van der Waals surface area contributed by atoms with Gasteiger partial charge in [0.05, 0.1) is 18.0 Å². The fourth-order valence-electron chi connectivity index (χ4n) is 3.27. The van der Waals surface area contributed by atoms with Crippen molar-refractivity contribution in [2.45, 2.75) is 84.0 Å². The van der Waals surface area contributed by atoms with Gasteiger partial charge in [0, 0.05) is 12.4 Å². The molecule has 0 radical (unpaired) electrons. The molecule has 0 amide bonds. The number of hydrogen-bond donors (Lipinski definition) is 0. The number of nitrogens with zero attached hydrogens (tertiary/aromatic N) is 3. The highest BCUT2D eigenvalue weighted by Crippen LogP contribution is 2.21. The van der Waals surface area contributed by atoms with Crippen molar-refractivity contribution in [3.8, 4) is 5.75 Å². The highest BCUT2D eigenvalue weighted by Gasteiger charge is 1.97. The van der Waals surface area contributed by atoms with Crippen LogP contribution in [0.5, 0.6) is 5.75 Å². The Labute approximate surface area is 176 Å². The zero-order valence-corrected chi connectivity index (χ0v) is 18.1. The highest BCUT2D eigenvalue weighted by atomic mass is 16.5. The number of unbranched alkanes of at least 4 members (excludes halogenated alkanes) is 11. The average molecular weight is 396 g/mol. The molecule has 0 saturated heterocycles. The van der Waals surface area contributed by atoms with Crippen molar-refractivity contribution in [2.75, 3.05) is 6.61 Å². The van der Waals surface area contributed by atoms with Crippen molar-refractivity contribution >= 4 is 11.4 Å². The van der Waals surface area contributed by atoms with E-state index in [1.165, 1.54) is 70.6 Å². The molecule has 1 aromatic carbocycles. The van der Waals surface area contributed by atoms with Gasteiger partial charge >= 0.3 is 0 Å². The number of hydrogen-bond acceptors (Lipinski definition) is 4. The second-order valence-electron chi connectivity index (χ2n) is 7.64. The van der Waals surface area contributed by atoms with Gasteiger partial charge in [-0.05, 0) is 42.8 Å². The molecule has 0 fully saturated rings. The third kappa shape index (κ3) is 11.4. The van der Waals surface area contributed by atoms with Crippen molar-refractivity contribution in [3.05, 3.63) is 48.8 Å². The van der Waals surface area contributed by atoms with Gasteiger partial charge in [0.1, 0.15) is 5.75 Å². The maximum absolute atomic E-state index is 5.84. The summed E-state index contributed by atoms with van der Waals surface area (Å²) in [7, 11) is 0. The minimum Gasteiger partial charge on any atom is -0.494 e. The van der Waals surface area contributed by atoms with Crippen molar-refractivity contribution in [3.63, 3.8) is 0 Å². The minimum atomic E-state index is 0.787. The topological polar surface area (TPSA) is 46.8 Å². The Bertz CT molecular complexity index is 656. The minimum absolute atomic E-state index is 0.787. The molecule has 0 aliphatic heterocycles. The Hall–Kier alpha value is -2.23. The predicted molar refractivity (Wildman–Crippen MR) is 121 cm³/mol. The van der Waals surface area contributed by atoms with Gasteiger partial charge in [-0.25, -0.2) is 0 Å². The fraction of sp³-hybridized carbons (Fsp3) is 0.560. The SMILES string of the molecule is CCCCCCCCCCCCCCOc1ccc(N=Nc2ccncc2)cc1. The highest BCUT2D eigenvalue weighted by molar-refractivity contribution is 5.42. The lowest BCUT2D eigenvalue weighted by Crippen LogP contribution is -1.96. The Kier molecular flexibility index (Phi) is 12.5. The van der Waals surface area contributed by atoms with Gasteiger partial charge in [0.25, 0.3) is 0 Å². The molecular weight excluding hydrogens is 358 g/mol. The summed E-state index contributed by atoms with van der Waals surface area (Å²) in [6.07, 6.45) is 19.8. The summed E-state index contributed by atoms with van der Waals surface area (Å²) in [6.45, 7) is 3.06. The molecule has 158 valence electrons. The number of benzene rings is 1. The van der Waals surface area contributed by atoms with E-state index in [-0.39, 0.29) is 0 Å². The van der Waals surface area contributed by atoms with Crippen LogP contribution >= 0.6 is 0 Å². The number of rotatable bonds is 16. The lowest BCUT2D eigenvalue weighted by Gasteiger charge is -2.06.